The molecule has 2 aromatic carbocycles. The molecule has 26 heavy (non-hydrogen) atoms. The van der Waals surface area contributed by atoms with Gasteiger partial charge in [-0.2, -0.15) is 0 Å². The van der Waals surface area contributed by atoms with Gasteiger partial charge in [0.25, 0.3) is 5.91 Å². The number of amides is 1. The molecule has 5 rings (SSSR count). The third-order valence-corrected chi connectivity index (χ3v) is 5.95. The number of imidazole rings is 1. The second-order valence-electron chi connectivity index (χ2n) is 7.37. The molecule has 2 N–H and O–H groups in total. The van der Waals surface area contributed by atoms with E-state index in [0.717, 1.165) is 43.3 Å². The summed E-state index contributed by atoms with van der Waals surface area (Å²) < 4.78 is 0. The Hall–Kier alpha value is -2.82. The average molecular weight is 347 g/mol. The summed E-state index contributed by atoms with van der Waals surface area (Å²) in [4.78, 5) is 22.6. The average Bonchev–Trinajstić information content (AvgIpc) is 3.14. The molecule has 1 aliphatic heterocycles. The number of fused-ring (bicyclic) bond motifs is 4. The summed E-state index contributed by atoms with van der Waals surface area (Å²) in [6.07, 6.45) is 5.66. The number of piperidine rings is 1. The number of hydrogen-bond donors (Lipinski definition) is 2. The Labute approximate surface area is 151 Å². The fraction of sp³-hybridized carbons (Fsp3) is 0.333. The lowest BCUT2D eigenvalue weighted by atomic mass is 9.74. The molecule has 2 atom stereocenters. The monoisotopic (exact) mass is 347 g/mol. The number of H-pyrrole nitrogens is 1. The van der Waals surface area contributed by atoms with Crippen LogP contribution in [-0.4, -0.2) is 38.5 Å². The minimum atomic E-state index is 0.0909. The second-order valence-corrected chi connectivity index (χ2v) is 7.37. The molecule has 0 saturated carbocycles. The van der Waals surface area contributed by atoms with Gasteiger partial charge in [0.15, 0.2) is 0 Å². The first-order valence-corrected chi connectivity index (χ1v) is 9.26. The van der Waals surface area contributed by atoms with Crippen molar-refractivity contribution in [3.63, 3.8) is 0 Å². The number of aromatic nitrogens is 2. The van der Waals surface area contributed by atoms with Gasteiger partial charge in [0, 0.05) is 24.1 Å². The van der Waals surface area contributed by atoms with Crippen molar-refractivity contribution in [3.8, 4) is 5.75 Å². The lowest BCUT2D eigenvalue weighted by molar-refractivity contribution is 0.0547. The van der Waals surface area contributed by atoms with Crippen molar-refractivity contribution < 1.29 is 9.90 Å². The van der Waals surface area contributed by atoms with E-state index in [0.29, 0.717) is 17.2 Å². The van der Waals surface area contributed by atoms with Crippen molar-refractivity contribution in [2.45, 2.75) is 37.6 Å². The molecule has 2 heterocycles. The van der Waals surface area contributed by atoms with E-state index in [1.807, 2.05) is 30.3 Å². The van der Waals surface area contributed by atoms with Crippen LogP contribution in [0.15, 0.2) is 42.7 Å². The first-order chi connectivity index (χ1) is 12.7. The van der Waals surface area contributed by atoms with Gasteiger partial charge in [0.1, 0.15) is 5.75 Å². The molecular formula is C21H21N3O2. The third kappa shape index (κ3) is 2.38. The van der Waals surface area contributed by atoms with Gasteiger partial charge in [-0.3, -0.25) is 4.79 Å². The number of aromatic hydroxyl groups is 1. The van der Waals surface area contributed by atoms with Gasteiger partial charge in [-0.05, 0) is 67.1 Å². The predicted molar refractivity (Wildman–Crippen MR) is 99.3 cm³/mol. The molecule has 1 fully saturated rings. The van der Waals surface area contributed by atoms with E-state index in [1.165, 1.54) is 11.1 Å². The zero-order valence-electron chi connectivity index (χ0n) is 14.5. The van der Waals surface area contributed by atoms with Crippen LogP contribution in [0.25, 0.3) is 11.0 Å². The molecule has 2 aliphatic rings. The first-order valence-electron chi connectivity index (χ1n) is 9.26. The minimum Gasteiger partial charge on any atom is -0.508 e. The van der Waals surface area contributed by atoms with Crippen LogP contribution in [0.4, 0.5) is 0 Å². The highest BCUT2D eigenvalue weighted by atomic mass is 16.3. The van der Waals surface area contributed by atoms with Gasteiger partial charge in [0.05, 0.1) is 17.4 Å². The molecule has 1 aromatic heterocycles. The van der Waals surface area contributed by atoms with Crippen LogP contribution >= 0.6 is 0 Å². The summed E-state index contributed by atoms with van der Waals surface area (Å²) in [5, 5.41) is 9.92. The number of phenols is 1. The molecule has 0 unspecified atom stereocenters. The molecule has 0 spiro atoms. The van der Waals surface area contributed by atoms with Crippen molar-refractivity contribution in [3.05, 3.63) is 59.4 Å². The number of likely N-dealkylation sites (tertiary alicyclic amines) is 1. The van der Waals surface area contributed by atoms with Crippen molar-refractivity contribution in [1.82, 2.24) is 14.9 Å². The molecule has 0 radical (unpaired) electrons. The van der Waals surface area contributed by atoms with Gasteiger partial charge in [-0.15, -0.1) is 0 Å². The Morgan fingerprint density at radius 1 is 1.19 bits per heavy atom. The number of phenolic OH excluding ortho intramolecular Hbond substituents is 1. The van der Waals surface area contributed by atoms with Gasteiger partial charge in [-0.25, -0.2) is 4.98 Å². The van der Waals surface area contributed by atoms with Crippen molar-refractivity contribution >= 4 is 16.9 Å². The number of nitrogens with one attached hydrogen (secondary N) is 1. The van der Waals surface area contributed by atoms with Crippen LogP contribution in [0, 0.1) is 0 Å². The SMILES string of the molecule is O=C(c1ccc2[nH]cnc2c1)N1CCC[C@@H]2c3cc(O)ccc3CC[C@H]21. The fourth-order valence-corrected chi connectivity index (χ4v) is 4.72. The minimum absolute atomic E-state index is 0.0909. The van der Waals surface area contributed by atoms with E-state index >= 15 is 0 Å². The maximum Gasteiger partial charge on any atom is 0.254 e. The summed E-state index contributed by atoms with van der Waals surface area (Å²) >= 11 is 0. The molecule has 5 nitrogen and oxygen atoms in total. The quantitative estimate of drug-likeness (QED) is 0.707. The Morgan fingerprint density at radius 3 is 3.04 bits per heavy atom. The fourth-order valence-electron chi connectivity index (χ4n) is 4.72. The summed E-state index contributed by atoms with van der Waals surface area (Å²) in [6.45, 7) is 0.798. The van der Waals surface area contributed by atoms with Crippen LogP contribution in [0.5, 0.6) is 5.75 Å². The van der Waals surface area contributed by atoms with E-state index in [-0.39, 0.29) is 11.9 Å². The number of nitrogens with zero attached hydrogens (tertiary/aromatic N) is 2. The van der Waals surface area contributed by atoms with Gasteiger partial charge < -0.3 is 15.0 Å². The van der Waals surface area contributed by atoms with Gasteiger partial charge in [0.2, 0.25) is 0 Å². The van der Waals surface area contributed by atoms with E-state index in [1.54, 1.807) is 12.4 Å². The lowest BCUT2D eigenvalue weighted by Crippen LogP contribution is -2.49. The third-order valence-electron chi connectivity index (χ3n) is 5.95. The molecule has 1 aliphatic carbocycles. The summed E-state index contributed by atoms with van der Waals surface area (Å²) in [5.41, 5.74) is 5.01. The summed E-state index contributed by atoms with van der Waals surface area (Å²) in [5.74, 6) is 0.725. The Bertz CT molecular complexity index is 994. The summed E-state index contributed by atoms with van der Waals surface area (Å²) in [7, 11) is 0. The maximum absolute atomic E-state index is 13.2. The Morgan fingerprint density at radius 2 is 2.12 bits per heavy atom. The lowest BCUT2D eigenvalue weighted by Gasteiger charge is -2.45. The highest BCUT2D eigenvalue weighted by Crippen LogP contribution is 2.42. The van der Waals surface area contributed by atoms with E-state index < -0.39 is 0 Å². The normalized spacial score (nSPS) is 22.1. The molecule has 1 amide bonds. The van der Waals surface area contributed by atoms with Crippen molar-refractivity contribution in [2.24, 2.45) is 0 Å². The van der Waals surface area contributed by atoms with Crippen molar-refractivity contribution in [2.75, 3.05) is 6.54 Å². The van der Waals surface area contributed by atoms with E-state index in [9.17, 15) is 9.90 Å². The number of carbonyl (C=O) groups is 1. The van der Waals surface area contributed by atoms with Crippen LogP contribution < -0.4 is 0 Å². The van der Waals surface area contributed by atoms with E-state index in [2.05, 4.69) is 14.9 Å². The number of hydrogen-bond acceptors (Lipinski definition) is 3. The molecular weight excluding hydrogens is 326 g/mol. The van der Waals surface area contributed by atoms with Crippen molar-refractivity contribution in [1.29, 1.82) is 0 Å². The Kier molecular flexibility index (Phi) is 3.48. The van der Waals surface area contributed by atoms with E-state index in [4.69, 9.17) is 0 Å². The first kappa shape index (κ1) is 15.4. The van der Waals surface area contributed by atoms with Gasteiger partial charge >= 0.3 is 0 Å². The number of aryl methyl sites for hydroxylation is 1. The summed E-state index contributed by atoms with van der Waals surface area (Å²) in [6, 6.07) is 11.6. The Balaban J connectivity index is 1.48. The van der Waals surface area contributed by atoms with Crippen LogP contribution in [0.1, 0.15) is 46.7 Å². The second kappa shape index (κ2) is 5.87. The zero-order valence-corrected chi connectivity index (χ0v) is 14.5. The number of rotatable bonds is 1. The largest absolute Gasteiger partial charge is 0.508 e. The van der Waals surface area contributed by atoms with Crippen LogP contribution in [0.3, 0.4) is 0 Å². The molecule has 0 bridgehead atoms. The predicted octanol–water partition coefficient (Wildman–Crippen LogP) is 3.60. The number of benzene rings is 2. The highest BCUT2D eigenvalue weighted by molar-refractivity contribution is 5.97. The number of aromatic amines is 1. The molecule has 5 heteroatoms. The zero-order chi connectivity index (χ0) is 17.7. The molecule has 132 valence electrons. The standard InChI is InChI=1S/C21H21N3O2/c25-15-6-3-13-5-8-20-16(17(13)11-15)2-1-9-24(20)21(26)14-4-7-18-19(10-14)23-12-22-18/h3-4,6-7,10-12,16,20,25H,1-2,5,8-9H2,(H,22,23)/t16-,20-/m1/s1. The highest BCUT2D eigenvalue weighted by Gasteiger charge is 2.38. The van der Waals surface area contributed by atoms with Crippen LogP contribution in [0.2, 0.25) is 0 Å². The maximum atomic E-state index is 13.2. The van der Waals surface area contributed by atoms with Gasteiger partial charge in [-0.1, -0.05) is 6.07 Å². The smallest absolute Gasteiger partial charge is 0.254 e. The van der Waals surface area contributed by atoms with Crippen LogP contribution in [-0.2, 0) is 6.42 Å². The topological polar surface area (TPSA) is 69.2 Å². The molecule has 3 aromatic rings. The molecule has 1 saturated heterocycles. The number of carbonyl (C=O) groups excluding carboxylic acids is 1.